The summed E-state index contributed by atoms with van der Waals surface area (Å²) in [4.78, 5) is 26.1. The number of anilines is 2. The molecule has 0 saturated heterocycles. The Bertz CT molecular complexity index is 1500. The maximum atomic E-state index is 13.5. The van der Waals surface area contributed by atoms with Crippen molar-refractivity contribution < 1.29 is 13.2 Å². The maximum Gasteiger partial charge on any atom is 0.408 e. The molecule has 1 aliphatic heterocycles. The van der Waals surface area contributed by atoms with Crippen molar-refractivity contribution in [2.24, 2.45) is 0 Å². The lowest BCUT2D eigenvalue weighted by Gasteiger charge is -2.20. The van der Waals surface area contributed by atoms with E-state index in [-0.39, 0.29) is 22.4 Å². The van der Waals surface area contributed by atoms with Crippen molar-refractivity contribution >= 4 is 22.7 Å². The van der Waals surface area contributed by atoms with Crippen molar-refractivity contribution in [3.05, 3.63) is 69.9 Å². The van der Waals surface area contributed by atoms with Crippen molar-refractivity contribution in [3.63, 3.8) is 0 Å². The van der Waals surface area contributed by atoms with E-state index in [0.29, 0.717) is 16.1 Å². The van der Waals surface area contributed by atoms with E-state index in [1.165, 1.54) is 28.2 Å². The number of aromatic nitrogens is 5. The summed E-state index contributed by atoms with van der Waals surface area (Å²) < 4.78 is 42.3. The molecule has 0 bridgehead atoms. The first-order chi connectivity index (χ1) is 17.0. The second kappa shape index (κ2) is 8.74. The molecule has 1 aliphatic rings. The van der Waals surface area contributed by atoms with E-state index < -0.39 is 18.3 Å². The summed E-state index contributed by atoms with van der Waals surface area (Å²) in [7, 11) is 0. The molecule has 188 valence electrons. The first-order valence-corrected chi connectivity index (χ1v) is 11.6. The third-order valence-corrected chi connectivity index (χ3v) is 6.11. The van der Waals surface area contributed by atoms with Crippen LogP contribution in [-0.4, -0.2) is 37.0 Å². The number of rotatable bonds is 4. The number of hydrogen-bond donors (Lipinski definition) is 2. The van der Waals surface area contributed by atoms with Crippen LogP contribution in [0.5, 0.6) is 0 Å². The molecule has 2 N–H and O–H groups in total. The van der Waals surface area contributed by atoms with E-state index >= 15 is 0 Å². The fraction of sp³-hybridized carbons (Fsp3) is 0.360. The maximum absolute atomic E-state index is 13.5. The van der Waals surface area contributed by atoms with Gasteiger partial charge in [0, 0.05) is 35.7 Å². The fourth-order valence-corrected chi connectivity index (χ4v) is 4.31. The van der Waals surface area contributed by atoms with Gasteiger partial charge < -0.3 is 10.6 Å². The molecule has 11 heteroatoms. The van der Waals surface area contributed by atoms with Crippen LogP contribution in [-0.2, 0) is 24.9 Å². The van der Waals surface area contributed by atoms with Gasteiger partial charge in [0.15, 0.2) is 5.65 Å². The van der Waals surface area contributed by atoms with E-state index in [1.54, 1.807) is 12.1 Å². The lowest BCUT2D eigenvalue weighted by atomic mass is 9.91. The predicted molar refractivity (Wildman–Crippen MR) is 131 cm³/mol. The van der Waals surface area contributed by atoms with Crippen LogP contribution in [0.2, 0.25) is 0 Å². The predicted octanol–water partition coefficient (Wildman–Crippen LogP) is 4.23. The molecule has 3 aromatic heterocycles. The van der Waals surface area contributed by atoms with Gasteiger partial charge in [0.25, 0.3) is 5.56 Å². The van der Waals surface area contributed by atoms with Crippen LogP contribution in [0.4, 0.5) is 24.8 Å². The highest BCUT2D eigenvalue weighted by Crippen LogP contribution is 2.26. The summed E-state index contributed by atoms with van der Waals surface area (Å²) in [5.74, 6) is 0.180. The largest absolute Gasteiger partial charge is 0.408 e. The van der Waals surface area contributed by atoms with E-state index in [9.17, 15) is 18.0 Å². The number of nitrogens with zero attached hydrogens (tertiary/aromatic N) is 5. The Morgan fingerprint density at radius 3 is 2.64 bits per heavy atom. The Kier molecular flexibility index (Phi) is 5.82. The zero-order chi connectivity index (χ0) is 25.7. The average Bonchev–Trinajstić information content (AvgIpc) is 3.08. The summed E-state index contributed by atoms with van der Waals surface area (Å²) in [6.07, 6.45) is -0.928. The first-order valence-electron chi connectivity index (χ1n) is 11.6. The molecule has 0 saturated carbocycles. The van der Waals surface area contributed by atoms with Gasteiger partial charge in [0.05, 0.1) is 5.69 Å². The zero-order valence-corrected chi connectivity index (χ0v) is 20.1. The summed E-state index contributed by atoms with van der Waals surface area (Å²) >= 11 is 0. The van der Waals surface area contributed by atoms with Gasteiger partial charge in [-0.15, -0.1) is 0 Å². The van der Waals surface area contributed by atoms with E-state index in [0.717, 1.165) is 25.2 Å². The van der Waals surface area contributed by atoms with Gasteiger partial charge in [0.1, 0.15) is 11.9 Å². The van der Waals surface area contributed by atoms with Crippen LogP contribution in [0.25, 0.3) is 16.7 Å². The van der Waals surface area contributed by atoms with E-state index in [2.05, 4.69) is 25.6 Å². The number of alkyl halides is 3. The van der Waals surface area contributed by atoms with Crippen LogP contribution in [0.3, 0.4) is 0 Å². The van der Waals surface area contributed by atoms with Crippen molar-refractivity contribution in [3.8, 4) is 5.69 Å². The van der Waals surface area contributed by atoms with Gasteiger partial charge in [-0.05, 0) is 48.4 Å². The molecule has 0 aliphatic carbocycles. The van der Waals surface area contributed by atoms with Crippen LogP contribution >= 0.6 is 0 Å². The molecular weight excluding hydrogens is 471 g/mol. The molecule has 0 unspecified atom stereocenters. The minimum Gasteiger partial charge on any atom is -0.324 e. The Morgan fingerprint density at radius 2 is 1.89 bits per heavy atom. The summed E-state index contributed by atoms with van der Waals surface area (Å²) in [5, 5.41) is 6.46. The fourth-order valence-electron chi connectivity index (χ4n) is 4.31. The summed E-state index contributed by atoms with van der Waals surface area (Å²) in [5.41, 5.74) is 3.13. The van der Waals surface area contributed by atoms with Gasteiger partial charge in [0.2, 0.25) is 5.95 Å². The molecule has 1 aromatic carbocycles. The van der Waals surface area contributed by atoms with Crippen LogP contribution in [0.1, 0.15) is 37.6 Å². The molecule has 4 aromatic rings. The van der Waals surface area contributed by atoms with Gasteiger partial charge >= 0.3 is 6.18 Å². The van der Waals surface area contributed by atoms with Crippen molar-refractivity contribution in [1.82, 2.24) is 29.6 Å². The topological polar surface area (TPSA) is 89.7 Å². The lowest BCUT2D eigenvalue weighted by Crippen LogP contribution is -2.30. The third-order valence-electron chi connectivity index (χ3n) is 6.11. The van der Waals surface area contributed by atoms with Crippen LogP contribution < -0.4 is 16.2 Å². The summed E-state index contributed by atoms with van der Waals surface area (Å²) in [6.45, 7) is 6.09. The van der Waals surface area contributed by atoms with Gasteiger partial charge in [-0.2, -0.15) is 18.2 Å². The van der Waals surface area contributed by atoms with Gasteiger partial charge in [-0.1, -0.05) is 26.8 Å². The van der Waals surface area contributed by atoms with Crippen molar-refractivity contribution in [2.45, 2.75) is 51.9 Å². The molecule has 4 heterocycles. The summed E-state index contributed by atoms with van der Waals surface area (Å²) in [6, 6.07) is 9.18. The highest BCUT2D eigenvalue weighted by molar-refractivity contribution is 5.77. The monoisotopic (exact) mass is 497 g/mol. The lowest BCUT2D eigenvalue weighted by molar-refractivity contribution is -0.144. The normalized spacial score (nSPS) is 14.2. The molecule has 5 rings (SSSR count). The Hall–Kier alpha value is -3.73. The first kappa shape index (κ1) is 24.0. The third kappa shape index (κ3) is 4.70. The molecule has 0 fully saturated rings. The standard InChI is InChI=1S/C25H26F3N7O/c1-24(2,3)20-11-18(7-9-30-20)35-21-19(22(36)34(35)14-25(26,27)28)13-31-23(33-21)32-17-5-4-16-12-29-8-6-15(16)10-17/h4-5,7,9-11,13,29H,6,8,12,14H2,1-3H3,(H,31,32,33). The number of fused-ring (bicyclic) bond motifs is 2. The average molecular weight is 498 g/mol. The second-order valence-corrected chi connectivity index (χ2v) is 9.91. The highest BCUT2D eigenvalue weighted by atomic mass is 19.4. The minimum atomic E-state index is -4.61. The molecular formula is C25H26F3N7O. The molecule has 0 atom stereocenters. The Labute approximate surface area is 205 Å². The Balaban J connectivity index is 1.64. The molecule has 0 amide bonds. The molecule has 0 radical (unpaired) electrons. The minimum absolute atomic E-state index is 0.00423. The zero-order valence-electron chi connectivity index (χ0n) is 20.1. The second-order valence-electron chi connectivity index (χ2n) is 9.91. The smallest absolute Gasteiger partial charge is 0.324 e. The molecule has 8 nitrogen and oxygen atoms in total. The van der Waals surface area contributed by atoms with Crippen LogP contribution in [0, 0.1) is 0 Å². The number of nitrogens with one attached hydrogen (secondary N) is 2. The molecule has 0 spiro atoms. The number of pyridine rings is 1. The SMILES string of the molecule is CC(C)(C)c1cc(-n2c3nc(Nc4ccc5c(c4)CCNC5)ncc3c(=O)n2CC(F)(F)F)ccn1. The van der Waals surface area contributed by atoms with Gasteiger partial charge in [-0.3, -0.25) is 9.78 Å². The quantitative estimate of drug-likeness (QED) is 0.439. The van der Waals surface area contributed by atoms with Crippen molar-refractivity contribution in [1.29, 1.82) is 0 Å². The number of benzene rings is 1. The number of halogens is 3. The van der Waals surface area contributed by atoms with E-state index in [1.807, 2.05) is 39.0 Å². The highest BCUT2D eigenvalue weighted by Gasteiger charge is 2.32. The van der Waals surface area contributed by atoms with Crippen molar-refractivity contribution in [2.75, 3.05) is 11.9 Å². The number of hydrogen-bond acceptors (Lipinski definition) is 6. The van der Waals surface area contributed by atoms with E-state index in [4.69, 9.17) is 0 Å². The Morgan fingerprint density at radius 1 is 1.08 bits per heavy atom. The van der Waals surface area contributed by atoms with Gasteiger partial charge in [-0.25, -0.2) is 14.3 Å². The van der Waals surface area contributed by atoms with Crippen LogP contribution in [0.15, 0.2) is 47.5 Å². The molecule has 36 heavy (non-hydrogen) atoms.